The number of aromatic amines is 1. The monoisotopic (exact) mass is 678 g/mol. The fourth-order valence-corrected chi connectivity index (χ4v) is 7.90. The van der Waals surface area contributed by atoms with Crippen LogP contribution in [0.15, 0.2) is 78.9 Å². The molecule has 4 heterocycles. The van der Waals surface area contributed by atoms with Crippen molar-refractivity contribution in [3.63, 3.8) is 0 Å². The highest BCUT2D eigenvalue weighted by Crippen LogP contribution is 2.33. The second kappa shape index (κ2) is 13.7. The van der Waals surface area contributed by atoms with Crippen molar-refractivity contribution in [2.24, 2.45) is 18.9 Å². The number of fused-ring (bicyclic) bond motifs is 3. The van der Waals surface area contributed by atoms with Crippen LogP contribution in [0.4, 0.5) is 5.69 Å². The number of nitrogens with one attached hydrogen (secondary N) is 2. The molecule has 0 spiro atoms. The zero-order valence-corrected chi connectivity index (χ0v) is 29.0. The molecule has 1 saturated heterocycles. The zero-order chi connectivity index (χ0) is 34.2. The molecule has 1 fully saturated rings. The predicted molar refractivity (Wildman–Crippen MR) is 195 cm³/mol. The molecule has 5 aromatic rings. The van der Waals surface area contributed by atoms with Crippen molar-refractivity contribution in [1.29, 1.82) is 0 Å². The predicted octanol–water partition coefficient (Wildman–Crippen LogP) is 5.66. The number of amides is 3. The van der Waals surface area contributed by atoms with Crippen LogP contribution in [0, 0.1) is 11.8 Å². The standard InChI is InChI=1S/C39H43ClN6O3/c1-43(2)23-25-18-29-19-30(40)12-13-35(29)46(24-25)38(48)33(22-31-20-27-8-4-6-10-32(27)41-31)42-37(47)26-14-16-45(17-15-26)39(49)36-21-28-9-5-7-11-34(28)44(36)3/h4-13,19-21,25-26,33,41H,14-18,22-24H2,1-3H3,(H,42,47)/t25-,33-/m1/s1. The summed E-state index contributed by atoms with van der Waals surface area (Å²) in [5.41, 5.74) is 5.41. The van der Waals surface area contributed by atoms with E-state index in [4.69, 9.17) is 11.6 Å². The molecule has 3 aromatic carbocycles. The third kappa shape index (κ3) is 6.82. The van der Waals surface area contributed by atoms with Gasteiger partial charge in [-0.05, 0) is 92.7 Å². The second-order valence-electron chi connectivity index (χ2n) is 13.9. The summed E-state index contributed by atoms with van der Waals surface area (Å²) < 4.78 is 1.94. The van der Waals surface area contributed by atoms with Crippen LogP contribution < -0.4 is 10.2 Å². The first-order chi connectivity index (χ1) is 23.6. The van der Waals surface area contributed by atoms with E-state index in [0.29, 0.717) is 49.6 Å². The second-order valence-corrected chi connectivity index (χ2v) is 14.4. The normalized spacial score (nSPS) is 17.4. The number of anilines is 1. The van der Waals surface area contributed by atoms with Crippen molar-refractivity contribution in [3.05, 3.63) is 101 Å². The molecule has 0 bridgehead atoms. The van der Waals surface area contributed by atoms with E-state index in [-0.39, 0.29) is 29.6 Å². The Bertz CT molecular complexity index is 1990. The van der Waals surface area contributed by atoms with Crippen molar-refractivity contribution in [3.8, 4) is 0 Å². The average molecular weight is 679 g/mol. The minimum Gasteiger partial charge on any atom is -0.358 e. The number of carbonyl (C=O) groups excluding carboxylic acids is 3. The van der Waals surface area contributed by atoms with Gasteiger partial charge in [-0.1, -0.05) is 48.0 Å². The number of carbonyl (C=O) groups is 3. The largest absolute Gasteiger partial charge is 0.358 e. The van der Waals surface area contributed by atoms with Crippen molar-refractivity contribution in [2.75, 3.05) is 45.2 Å². The van der Waals surface area contributed by atoms with E-state index in [1.165, 1.54) is 0 Å². The van der Waals surface area contributed by atoms with Gasteiger partial charge in [0.05, 0.1) is 0 Å². The molecule has 0 aliphatic carbocycles. The first kappa shape index (κ1) is 32.9. The summed E-state index contributed by atoms with van der Waals surface area (Å²) in [4.78, 5) is 51.4. The maximum atomic E-state index is 14.6. The van der Waals surface area contributed by atoms with Crippen LogP contribution in [0.5, 0.6) is 0 Å². The highest BCUT2D eigenvalue weighted by atomic mass is 35.5. The van der Waals surface area contributed by atoms with Crippen LogP contribution >= 0.6 is 11.6 Å². The fraction of sp³-hybridized carbons (Fsp3) is 0.359. The fourth-order valence-electron chi connectivity index (χ4n) is 7.70. The molecule has 49 heavy (non-hydrogen) atoms. The Morgan fingerprint density at radius 2 is 1.69 bits per heavy atom. The number of aromatic nitrogens is 2. The molecule has 2 aliphatic rings. The van der Waals surface area contributed by atoms with E-state index in [0.717, 1.165) is 51.7 Å². The number of hydrogen-bond acceptors (Lipinski definition) is 4. The SMILES string of the molecule is CN(C)C[C@H]1Cc2cc(Cl)ccc2N(C(=O)[C@@H](Cc2cc3ccccc3[nH]2)NC(=O)C2CCN(C(=O)c3cc4ccccc4n3C)CC2)C1. The average Bonchev–Trinajstić information content (AvgIpc) is 3.66. The summed E-state index contributed by atoms with van der Waals surface area (Å²) in [6, 6.07) is 24.9. The topological polar surface area (TPSA) is 93.7 Å². The summed E-state index contributed by atoms with van der Waals surface area (Å²) >= 11 is 6.41. The van der Waals surface area contributed by atoms with Gasteiger partial charge in [0.1, 0.15) is 11.7 Å². The molecule has 0 unspecified atom stereocenters. The number of nitrogens with zero attached hydrogens (tertiary/aromatic N) is 4. The Labute approximate surface area is 291 Å². The molecule has 7 rings (SSSR count). The van der Waals surface area contributed by atoms with E-state index in [9.17, 15) is 14.4 Å². The summed E-state index contributed by atoms with van der Waals surface area (Å²) in [6.07, 6.45) is 2.22. The molecule has 254 valence electrons. The summed E-state index contributed by atoms with van der Waals surface area (Å²) in [7, 11) is 6.00. The van der Waals surface area contributed by atoms with Crippen LogP contribution in [0.1, 0.15) is 34.6 Å². The molecule has 9 nitrogen and oxygen atoms in total. The summed E-state index contributed by atoms with van der Waals surface area (Å²) in [5, 5.41) is 5.91. The molecular formula is C39H43ClN6O3. The molecule has 2 N–H and O–H groups in total. The van der Waals surface area contributed by atoms with Crippen molar-refractivity contribution in [2.45, 2.75) is 31.7 Å². The molecule has 2 atom stereocenters. The lowest BCUT2D eigenvalue weighted by atomic mass is 9.91. The van der Waals surface area contributed by atoms with Crippen LogP contribution in [0.3, 0.4) is 0 Å². The summed E-state index contributed by atoms with van der Waals surface area (Å²) in [6.45, 7) is 2.33. The number of piperidine rings is 1. The maximum Gasteiger partial charge on any atom is 0.270 e. The van der Waals surface area contributed by atoms with Crippen molar-refractivity contribution in [1.82, 2.24) is 24.7 Å². The van der Waals surface area contributed by atoms with Gasteiger partial charge in [-0.25, -0.2) is 0 Å². The van der Waals surface area contributed by atoms with Crippen LogP contribution in [0.2, 0.25) is 5.02 Å². The van der Waals surface area contributed by atoms with Gasteiger partial charge in [-0.2, -0.15) is 0 Å². The Hall–Kier alpha value is -4.60. The van der Waals surface area contributed by atoms with Crippen LogP contribution in [-0.2, 0) is 29.5 Å². The van der Waals surface area contributed by atoms with E-state index in [1.54, 1.807) is 0 Å². The first-order valence-corrected chi connectivity index (χ1v) is 17.5. The number of aryl methyl sites for hydroxylation is 1. The Morgan fingerprint density at radius 1 is 0.959 bits per heavy atom. The molecule has 2 aromatic heterocycles. The number of para-hydroxylation sites is 2. The number of likely N-dealkylation sites (tertiary alicyclic amines) is 1. The third-order valence-electron chi connectivity index (χ3n) is 10.1. The first-order valence-electron chi connectivity index (χ1n) is 17.1. The van der Waals surface area contributed by atoms with Crippen molar-refractivity contribution >= 4 is 56.8 Å². The molecule has 10 heteroatoms. The number of H-pyrrole nitrogens is 1. The van der Waals surface area contributed by atoms with E-state index < -0.39 is 6.04 Å². The van der Waals surface area contributed by atoms with E-state index in [1.807, 2.05) is 108 Å². The molecule has 3 amide bonds. The van der Waals surface area contributed by atoms with Gasteiger partial charge in [0, 0.05) is 78.4 Å². The number of rotatable bonds is 8. The Morgan fingerprint density at radius 3 is 2.43 bits per heavy atom. The highest BCUT2D eigenvalue weighted by Gasteiger charge is 2.36. The van der Waals surface area contributed by atoms with Gasteiger partial charge in [0.2, 0.25) is 11.8 Å². The molecular weight excluding hydrogens is 636 g/mol. The quantitative estimate of drug-likeness (QED) is 0.222. The minimum absolute atomic E-state index is 0.0273. The Balaban J connectivity index is 1.10. The smallest absolute Gasteiger partial charge is 0.270 e. The lowest BCUT2D eigenvalue weighted by Gasteiger charge is -2.38. The van der Waals surface area contributed by atoms with Crippen LogP contribution in [-0.4, -0.2) is 83.4 Å². The molecule has 0 saturated carbocycles. The number of benzene rings is 3. The lowest BCUT2D eigenvalue weighted by Crippen LogP contribution is -2.54. The lowest BCUT2D eigenvalue weighted by molar-refractivity contribution is -0.131. The maximum absolute atomic E-state index is 14.6. The molecule has 0 radical (unpaired) electrons. The number of hydrogen-bond donors (Lipinski definition) is 2. The van der Waals surface area contributed by atoms with E-state index in [2.05, 4.69) is 21.3 Å². The highest BCUT2D eigenvalue weighted by molar-refractivity contribution is 6.30. The van der Waals surface area contributed by atoms with Crippen LogP contribution in [0.25, 0.3) is 21.8 Å². The van der Waals surface area contributed by atoms with E-state index >= 15 is 0 Å². The van der Waals surface area contributed by atoms with Gasteiger partial charge in [-0.15, -0.1) is 0 Å². The van der Waals surface area contributed by atoms with Gasteiger partial charge >= 0.3 is 0 Å². The Kier molecular flexibility index (Phi) is 9.22. The van der Waals surface area contributed by atoms with Crippen molar-refractivity contribution < 1.29 is 14.4 Å². The molecule has 2 aliphatic heterocycles. The van der Waals surface area contributed by atoms with Gasteiger partial charge < -0.3 is 29.6 Å². The summed E-state index contributed by atoms with van der Waals surface area (Å²) in [5.74, 6) is -0.395. The van der Waals surface area contributed by atoms with Gasteiger partial charge in [0.15, 0.2) is 0 Å². The minimum atomic E-state index is -0.780. The number of halogens is 1. The zero-order valence-electron chi connectivity index (χ0n) is 28.3. The third-order valence-corrected chi connectivity index (χ3v) is 10.4. The van der Waals surface area contributed by atoms with Gasteiger partial charge in [-0.3, -0.25) is 14.4 Å². The van der Waals surface area contributed by atoms with Gasteiger partial charge in [0.25, 0.3) is 5.91 Å².